The Morgan fingerprint density at radius 1 is 1.47 bits per heavy atom. The summed E-state index contributed by atoms with van der Waals surface area (Å²) < 4.78 is 1.68. The van der Waals surface area contributed by atoms with Gasteiger partial charge in [0.15, 0.2) is 0 Å². The highest BCUT2D eigenvalue weighted by molar-refractivity contribution is 5.75. The Morgan fingerprint density at radius 3 is 2.74 bits per heavy atom. The second-order valence-corrected chi connectivity index (χ2v) is 5.83. The van der Waals surface area contributed by atoms with Gasteiger partial charge in [0.2, 0.25) is 5.91 Å². The van der Waals surface area contributed by atoms with Gasteiger partial charge in [-0.3, -0.25) is 9.48 Å². The number of amides is 1. The topological polar surface area (TPSA) is 72.9 Å². The third-order valence-electron chi connectivity index (χ3n) is 4.12. The molecule has 2 rings (SSSR count). The van der Waals surface area contributed by atoms with Gasteiger partial charge >= 0.3 is 0 Å². The molecule has 0 bridgehead atoms. The zero-order valence-corrected chi connectivity index (χ0v) is 12.1. The second-order valence-electron chi connectivity index (χ2n) is 5.83. The molecule has 0 radical (unpaired) electrons. The van der Waals surface area contributed by atoms with Crippen LogP contribution in [0.1, 0.15) is 37.6 Å². The molecule has 1 fully saturated rings. The highest BCUT2D eigenvalue weighted by atomic mass is 16.2. The fraction of sp³-hybridized carbons (Fsp3) is 0.714. The Labute approximate surface area is 114 Å². The monoisotopic (exact) mass is 264 g/mol. The van der Waals surface area contributed by atoms with E-state index in [2.05, 4.69) is 17.3 Å². The fourth-order valence-corrected chi connectivity index (χ4v) is 2.83. The van der Waals surface area contributed by atoms with Crippen molar-refractivity contribution >= 4 is 11.6 Å². The van der Waals surface area contributed by atoms with Crippen LogP contribution >= 0.6 is 0 Å². The number of hydrogen-bond donors (Lipinski definition) is 2. The number of aromatic nitrogens is 2. The number of carbonyl (C=O) groups is 1. The van der Waals surface area contributed by atoms with Crippen LogP contribution < -0.4 is 11.1 Å². The largest absolute Gasteiger partial charge is 0.396 e. The van der Waals surface area contributed by atoms with Crippen molar-refractivity contribution in [3.63, 3.8) is 0 Å². The van der Waals surface area contributed by atoms with Gasteiger partial charge in [0.05, 0.1) is 17.1 Å². The quantitative estimate of drug-likeness (QED) is 0.868. The summed E-state index contributed by atoms with van der Waals surface area (Å²) in [5.41, 5.74) is 8.18. The minimum Gasteiger partial charge on any atom is -0.396 e. The summed E-state index contributed by atoms with van der Waals surface area (Å²) in [6.45, 7) is 7.07. The molecule has 0 aromatic carbocycles. The first-order valence-electron chi connectivity index (χ1n) is 7.03. The summed E-state index contributed by atoms with van der Waals surface area (Å²) in [6.07, 6.45) is 3.75. The average molecular weight is 264 g/mol. The van der Waals surface area contributed by atoms with E-state index in [1.165, 1.54) is 19.3 Å². The van der Waals surface area contributed by atoms with Crippen molar-refractivity contribution in [3.8, 4) is 0 Å². The maximum absolute atomic E-state index is 11.9. The van der Waals surface area contributed by atoms with Crippen LogP contribution in [0, 0.1) is 25.7 Å². The molecule has 0 aliphatic heterocycles. The Hall–Kier alpha value is -1.52. The summed E-state index contributed by atoms with van der Waals surface area (Å²) in [5, 5.41) is 7.28. The molecule has 3 N–H and O–H groups in total. The Bertz CT molecular complexity index is 466. The van der Waals surface area contributed by atoms with Gasteiger partial charge in [-0.25, -0.2) is 0 Å². The lowest BCUT2D eigenvalue weighted by Crippen LogP contribution is -2.32. The molecule has 2 atom stereocenters. The lowest BCUT2D eigenvalue weighted by atomic mass is 10.1. The summed E-state index contributed by atoms with van der Waals surface area (Å²) in [5.74, 6) is 1.47. The number of nitrogens with two attached hydrogens (primary N) is 1. The number of carbonyl (C=O) groups excluding carboxylic acids is 1. The number of nitrogen functional groups attached to an aromatic ring is 1. The van der Waals surface area contributed by atoms with E-state index in [-0.39, 0.29) is 12.5 Å². The molecule has 1 aliphatic rings. The van der Waals surface area contributed by atoms with Crippen LogP contribution in [0.4, 0.5) is 5.69 Å². The first-order chi connectivity index (χ1) is 8.97. The van der Waals surface area contributed by atoms with E-state index < -0.39 is 0 Å². The maximum Gasteiger partial charge on any atom is 0.241 e. The van der Waals surface area contributed by atoms with Crippen molar-refractivity contribution in [1.82, 2.24) is 15.1 Å². The molecule has 1 heterocycles. The summed E-state index contributed by atoms with van der Waals surface area (Å²) >= 11 is 0. The predicted octanol–water partition coefficient (Wildman–Crippen LogP) is 1.63. The van der Waals surface area contributed by atoms with E-state index in [4.69, 9.17) is 5.73 Å². The number of rotatable bonds is 4. The van der Waals surface area contributed by atoms with E-state index >= 15 is 0 Å². The van der Waals surface area contributed by atoms with Crippen molar-refractivity contribution < 1.29 is 4.79 Å². The summed E-state index contributed by atoms with van der Waals surface area (Å²) in [6, 6.07) is 0. The number of anilines is 1. The van der Waals surface area contributed by atoms with Crippen LogP contribution in [0.25, 0.3) is 0 Å². The van der Waals surface area contributed by atoms with E-state index in [0.29, 0.717) is 11.6 Å². The highest BCUT2D eigenvalue weighted by Crippen LogP contribution is 2.29. The van der Waals surface area contributed by atoms with Crippen LogP contribution in [0.3, 0.4) is 0 Å². The molecule has 2 unspecified atom stereocenters. The first-order valence-corrected chi connectivity index (χ1v) is 7.03. The van der Waals surface area contributed by atoms with Gasteiger partial charge in [-0.2, -0.15) is 5.10 Å². The predicted molar refractivity (Wildman–Crippen MR) is 75.6 cm³/mol. The molecule has 1 aromatic heterocycles. The van der Waals surface area contributed by atoms with E-state index in [1.54, 1.807) is 4.68 Å². The SMILES string of the molecule is Cc1nn(CC(=O)NCC2CCC(C)C2)c(C)c1N. The van der Waals surface area contributed by atoms with Crippen molar-refractivity contribution in [3.05, 3.63) is 11.4 Å². The zero-order chi connectivity index (χ0) is 14.0. The number of nitrogens with one attached hydrogen (secondary N) is 1. The summed E-state index contributed by atoms with van der Waals surface area (Å²) in [4.78, 5) is 11.9. The summed E-state index contributed by atoms with van der Waals surface area (Å²) in [7, 11) is 0. The smallest absolute Gasteiger partial charge is 0.241 e. The van der Waals surface area contributed by atoms with Gasteiger partial charge in [-0.05, 0) is 38.5 Å². The van der Waals surface area contributed by atoms with Crippen molar-refractivity contribution in [2.75, 3.05) is 12.3 Å². The Kier molecular flexibility index (Phi) is 4.12. The van der Waals surface area contributed by atoms with Crippen molar-refractivity contribution in [2.45, 2.75) is 46.6 Å². The fourth-order valence-electron chi connectivity index (χ4n) is 2.83. The molecule has 5 nitrogen and oxygen atoms in total. The minimum absolute atomic E-state index is 0.0187. The molecule has 1 amide bonds. The molecule has 1 aliphatic carbocycles. The van der Waals surface area contributed by atoms with Gasteiger partial charge in [-0.15, -0.1) is 0 Å². The third-order valence-corrected chi connectivity index (χ3v) is 4.12. The molecule has 0 saturated heterocycles. The Morgan fingerprint density at radius 2 is 2.21 bits per heavy atom. The van der Waals surface area contributed by atoms with Gasteiger partial charge in [0.25, 0.3) is 0 Å². The van der Waals surface area contributed by atoms with Crippen LogP contribution in [0.2, 0.25) is 0 Å². The van der Waals surface area contributed by atoms with Crippen molar-refractivity contribution in [1.29, 1.82) is 0 Å². The van der Waals surface area contributed by atoms with Gasteiger partial charge < -0.3 is 11.1 Å². The molecular weight excluding hydrogens is 240 g/mol. The first kappa shape index (κ1) is 13.9. The molecule has 106 valence electrons. The number of hydrogen-bond acceptors (Lipinski definition) is 3. The molecule has 1 saturated carbocycles. The zero-order valence-electron chi connectivity index (χ0n) is 12.1. The normalized spacial score (nSPS) is 22.7. The maximum atomic E-state index is 11.9. The lowest BCUT2D eigenvalue weighted by molar-refractivity contribution is -0.122. The van der Waals surface area contributed by atoms with E-state index in [0.717, 1.165) is 23.9 Å². The molecule has 5 heteroatoms. The molecule has 19 heavy (non-hydrogen) atoms. The molecule has 0 spiro atoms. The molecule has 1 aromatic rings. The average Bonchev–Trinajstić information content (AvgIpc) is 2.88. The standard InChI is InChI=1S/C14H24N4O/c1-9-4-5-12(6-9)7-16-13(19)8-18-11(3)14(15)10(2)17-18/h9,12H,4-8,15H2,1-3H3,(H,16,19). The van der Waals surface area contributed by atoms with E-state index in [9.17, 15) is 4.79 Å². The second kappa shape index (κ2) is 5.63. The van der Waals surface area contributed by atoms with Gasteiger partial charge in [0, 0.05) is 6.54 Å². The third kappa shape index (κ3) is 3.28. The van der Waals surface area contributed by atoms with Gasteiger partial charge in [0.1, 0.15) is 6.54 Å². The Balaban J connectivity index is 1.82. The highest BCUT2D eigenvalue weighted by Gasteiger charge is 2.21. The van der Waals surface area contributed by atoms with E-state index in [1.807, 2.05) is 13.8 Å². The van der Waals surface area contributed by atoms with Crippen LogP contribution in [0.15, 0.2) is 0 Å². The molecular formula is C14H24N4O. The van der Waals surface area contributed by atoms with Crippen molar-refractivity contribution in [2.24, 2.45) is 11.8 Å². The minimum atomic E-state index is 0.0187. The van der Waals surface area contributed by atoms with Crippen LogP contribution in [-0.2, 0) is 11.3 Å². The van der Waals surface area contributed by atoms with Crippen LogP contribution in [-0.4, -0.2) is 22.2 Å². The van der Waals surface area contributed by atoms with Crippen LogP contribution in [0.5, 0.6) is 0 Å². The van der Waals surface area contributed by atoms with Gasteiger partial charge in [-0.1, -0.05) is 13.3 Å². The number of aryl methyl sites for hydroxylation is 1. The lowest BCUT2D eigenvalue weighted by Gasteiger charge is -2.11. The number of nitrogens with zero attached hydrogens (tertiary/aromatic N) is 2.